The van der Waals surface area contributed by atoms with E-state index in [0.717, 1.165) is 11.9 Å². The van der Waals surface area contributed by atoms with Gasteiger partial charge in [-0.25, -0.2) is 14.8 Å². The molecule has 29 heavy (non-hydrogen) atoms. The lowest BCUT2D eigenvalue weighted by atomic mass is 10.2. The molecule has 0 unspecified atom stereocenters. The fourth-order valence-electron chi connectivity index (χ4n) is 3.44. The number of fused-ring (bicyclic) bond motifs is 1. The molecule has 3 heterocycles. The van der Waals surface area contributed by atoms with E-state index in [1.165, 1.54) is 12.0 Å². The summed E-state index contributed by atoms with van der Waals surface area (Å²) >= 11 is 0. The van der Waals surface area contributed by atoms with E-state index in [4.69, 9.17) is 14.2 Å². The summed E-state index contributed by atoms with van der Waals surface area (Å²) in [5.74, 6) is 1.33. The summed E-state index contributed by atoms with van der Waals surface area (Å²) in [6, 6.07) is 6.88. The van der Waals surface area contributed by atoms with Crippen molar-refractivity contribution in [3.05, 3.63) is 36.2 Å². The van der Waals surface area contributed by atoms with Gasteiger partial charge in [-0.1, -0.05) is 0 Å². The second kappa shape index (κ2) is 7.42. The van der Waals surface area contributed by atoms with Crippen LogP contribution in [0.5, 0.6) is 11.5 Å². The van der Waals surface area contributed by atoms with Crippen LogP contribution < -0.4 is 14.4 Å². The van der Waals surface area contributed by atoms with Crippen LogP contribution in [0.3, 0.4) is 0 Å². The SMILES string of the molecule is COC(=O)c1ccc(-n2cnc3cc(OC)c(OC)cc32)nc1N1CCCC1=O. The molecule has 4 rings (SSSR count). The minimum Gasteiger partial charge on any atom is -0.493 e. The van der Waals surface area contributed by atoms with Crippen LogP contribution in [0.1, 0.15) is 23.2 Å². The van der Waals surface area contributed by atoms with Crippen LogP contribution in [0.25, 0.3) is 16.9 Å². The first kappa shape index (κ1) is 18.7. The number of esters is 1. The van der Waals surface area contributed by atoms with Crippen molar-refractivity contribution >= 4 is 28.7 Å². The van der Waals surface area contributed by atoms with E-state index in [1.807, 2.05) is 0 Å². The number of ether oxygens (including phenoxy) is 3. The molecule has 0 aliphatic carbocycles. The summed E-state index contributed by atoms with van der Waals surface area (Å²) in [6.45, 7) is 0.509. The molecule has 0 atom stereocenters. The standard InChI is InChI=1S/C20H20N4O5/c1-27-15-9-13-14(10-16(15)28-2)24(11-21-13)17-7-6-12(20(26)29-3)19(22-17)23-8-4-5-18(23)25/h6-7,9-11H,4-5,8H2,1-3H3. The van der Waals surface area contributed by atoms with Crippen LogP contribution in [-0.2, 0) is 9.53 Å². The second-order valence-electron chi connectivity index (χ2n) is 6.49. The van der Waals surface area contributed by atoms with Crippen molar-refractivity contribution in [3.8, 4) is 17.3 Å². The first-order valence-corrected chi connectivity index (χ1v) is 9.06. The van der Waals surface area contributed by atoms with Crippen molar-refractivity contribution in [2.24, 2.45) is 0 Å². The molecular weight excluding hydrogens is 376 g/mol. The summed E-state index contributed by atoms with van der Waals surface area (Å²) < 4.78 is 17.3. The highest BCUT2D eigenvalue weighted by atomic mass is 16.5. The molecule has 0 bridgehead atoms. The minimum atomic E-state index is -0.541. The van der Waals surface area contributed by atoms with Crippen LogP contribution in [-0.4, -0.2) is 54.3 Å². The predicted octanol–water partition coefficient (Wildman–Crippen LogP) is 2.35. The molecule has 0 N–H and O–H groups in total. The van der Waals surface area contributed by atoms with E-state index < -0.39 is 5.97 Å². The molecule has 1 amide bonds. The summed E-state index contributed by atoms with van der Waals surface area (Å²) in [6.07, 6.45) is 2.77. The van der Waals surface area contributed by atoms with Crippen molar-refractivity contribution in [3.63, 3.8) is 0 Å². The van der Waals surface area contributed by atoms with Gasteiger partial charge in [-0.2, -0.15) is 0 Å². The molecule has 1 aromatic carbocycles. The van der Waals surface area contributed by atoms with Crippen LogP contribution in [0.4, 0.5) is 5.82 Å². The van der Waals surface area contributed by atoms with Crippen molar-refractivity contribution in [2.45, 2.75) is 12.8 Å². The number of benzene rings is 1. The summed E-state index contributed by atoms with van der Waals surface area (Å²) in [4.78, 5) is 35.1. The van der Waals surface area contributed by atoms with Crippen LogP contribution >= 0.6 is 0 Å². The zero-order valence-corrected chi connectivity index (χ0v) is 16.3. The van der Waals surface area contributed by atoms with Gasteiger partial charge in [-0.05, 0) is 18.6 Å². The molecule has 1 aliphatic rings. The zero-order chi connectivity index (χ0) is 20.5. The molecule has 0 saturated carbocycles. The Morgan fingerprint density at radius 3 is 2.52 bits per heavy atom. The van der Waals surface area contributed by atoms with E-state index >= 15 is 0 Å². The molecule has 1 fully saturated rings. The summed E-state index contributed by atoms with van der Waals surface area (Å²) in [7, 11) is 4.42. The van der Waals surface area contributed by atoms with Crippen molar-refractivity contribution in [2.75, 3.05) is 32.8 Å². The number of carbonyl (C=O) groups excluding carboxylic acids is 2. The largest absolute Gasteiger partial charge is 0.493 e. The lowest BCUT2D eigenvalue weighted by molar-refractivity contribution is -0.117. The third-order valence-electron chi connectivity index (χ3n) is 4.89. The number of methoxy groups -OCH3 is 3. The molecule has 2 aromatic heterocycles. The van der Waals surface area contributed by atoms with E-state index in [9.17, 15) is 9.59 Å². The van der Waals surface area contributed by atoms with Gasteiger partial charge in [-0.15, -0.1) is 0 Å². The maximum Gasteiger partial charge on any atom is 0.341 e. The fraction of sp³-hybridized carbons (Fsp3) is 0.300. The van der Waals surface area contributed by atoms with Crippen molar-refractivity contribution in [1.82, 2.24) is 14.5 Å². The third-order valence-corrected chi connectivity index (χ3v) is 4.89. The molecule has 9 nitrogen and oxygen atoms in total. The number of anilines is 1. The van der Waals surface area contributed by atoms with Gasteiger partial charge < -0.3 is 14.2 Å². The molecular formula is C20H20N4O5. The first-order chi connectivity index (χ1) is 14.1. The number of pyridine rings is 1. The van der Waals surface area contributed by atoms with Gasteiger partial charge in [-0.3, -0.25) is 14.3 Å². The highest BCUT2D eigenvalue weighted by Gasteiger charge is 2.28. The monoisotopic (exact) mass is 396 g/mol. The average Bonchev–Trinajstić information content (AvgIpc) is 3.37. The minimum absolute atomic E-state index is 0.0679. The molecule has 150 valence electrons. The first-order valence-electron chi connectivity index (χ1n) is 9.06. The Labute approximate surface area is 166 Å². The molecule has 0 radical (unpaired) electrons. The van der Waals surface area contributed by atoms with Gasteiger partial charge in [0.1, 0.15) is 17.7 Å². The number of hydrogen-bond donors (Lipinski definition) is 0. The number of nitrogens with zero attached hydrogens (tertiary/aromatic N) is 4. The Kier molecular flexibility index (Phi) is 4.79. The molecule has 1 aliphatic heterocycles. The summed E-state index contributed by atoms with van der Waals surface area (Å²) in [5, 5.41) is 0. The van der Waals surface area contributed by atoms with Gasteiger partial charge in [0, 0.05) is 25.1 Å². The lowest BCUT2D eigenvalue weighted by Crippen LogP contribution is -2.27. The van der Waals surface area contributed by atoms with Gasteiger partial charge >= 0.3 is 5.97 Å². The number of rotatable bonds is 5. The third kappa shape index (κ3) is 3.14. The molecule has 1 saturated heterocycles. The number of imidazole rings is 1. The highest BCUT2D eigenvalue weighted by Crippen LogP contribution is 2.33. The number of hydrogen-bond acceptors (Lipinski definition) is 7. The quantitative estimate of drug-likeness (QED) is 0.611. The van der Waals surface area contributed by atoms with Crippen molar-refractivity contribution in [1.29, 1.82) is 0 Å². The predicted molar refractivity (Wildman–Crippen MR) is 105 cm³/mol. The smallest absolute Gasteiger partial charge is 0.341 e. The number of amides is 1. The van der Waals surface area contributed by atoms with E-state index in [-0.39, 0.29) is 11.5 Å². The molecule has 3 aromatic rings. The highest BCUT2D eigenvalue weighted by molar-refractivity contribution is 6.02. The van der Waals surface area contributed by atoms with Gasteiger partial charge in [0.25, 0.3) is 0 Å². The maximum atomic E-state index is 12.3. The molecule has 0 spiro atoms. The second-order valence-corrected chi connectivity index (χ2v) is 6.49. The average molecular weight is 396 g/mol. The Morgan fingerprint density at radius 2 is 1.86 bits per heavy atom. The maximum absolute atomic E-state index is 12.3. The van der Waals surface area contributed by atoms with E-state index in [1.54, 1.807) is 49.4 Å². The lowest BCUT2D eigenvalue weighted by Gasteiger charge is -2.18. The van der Waals surface area contributed by atoms with Gasteiger partial charge in [0.05, 0.1) is 32.4 Å². The molecule has 9 heteroatoms. The Hall–Kier alpha value is -3.62. The van der Waals surface area contributed by atoms with Gasteiger partial charge in [0.15, 0.2) is 17.3 Å². The van der Waals surface area contributed by atoms with E-state index in [0.29, 0.717) is 41.6 Å². The Bertz CT molecular complexity index is 1110. The Morgan fingerprint density at radius 1 is 1.10 bits per heavy atom. The number of carbonyl (C=O) groups is 2. The zero-order valence-electron chi connectivity index (χ0n) is 16.3. The fourth-order valence-corrected chi connectivity index (χ4v) is 3.44. The van der Waals surface area contributed by atoms with Crippen LogP contribution in [0.2, 0.25) is 0 Å². The van der Waals surface area contributed by atoms with Gasteiger partial charge in [0.2, 0.25) is 5.91 Å². The van der Waals surface area contributed by atoms with Crippen LogP contribution in [0, 0.1) is 0 Å². The Balaban J connectivity index is 1.87. The summed E-state index contributed by atoms with van der Waals surface area (Å²) in [5.41, 5.74) is 1.69. The topological polar surface area (TPSA) is 95.8 Å². The number of aromatic nitrogens is 3. The van der Waals surface area contributed by atoms with E-state index in [2.05, 4.69) is 9.97 Å². The van der Waals surface area contributed by atoms with Crippen molar-refractivity contribution < 1.29 is 23.8 Å². The van der Waals surface area contributed by atoms with Crippen LogP contribution in [0.15, 0.2) is 30.6 Å². The normalized spacial score (nSPS) is 13.8.